The summed E-state index contributed by atoms with van der Waals surface area (Å²) in [5.41, 5.74) is 0.500. The second-order valence-corrected chi connectivity index (χ2v) is 7.29. The van der Waals surface area contributed by atoms with E-state index in [4.69, 9.17) is 11.6 Å². The van der Waals surface area contributed by atoms with Crippen molar-refractivity contribution in [3.63, 3.8) is 0 Å². The van der Waals surface area contributed by atoms with Gasteiger partial charge < -0.3 is 10.6 Å². The maximum absolute atomic E-state index is 11.9. The Labute approximate surface area is 147 Å². The van der Waals surface area contributed by atoms with E-state index in [2.05, 4.69) is 20.8 Å². The van der Waals surface area contributed by atoms with Gasteiger partial charge in [0, 0.05) is 23.6 Å². The highest BCUT2D eigenvalue weighted by atomic mass is 35.5. The van der Waals surface area contributed by atoms with Crippen LogP contribution in [0.5, 0.6) is 0 Å². The third-order valence-electron chi connectivity index (χ3n) is 2.66. The van der Waals surface area contributed by atoms with Crippen LogP contribution < -0.4 is 10.6 Å². The van der Waals surface area contributed by atoms with Crippen LogP contribution in [-0.4, -0.2) is 34.3 Å². The quantitative estimate of drug-likeness (QED) is 0.578. The van der Waals surface area contributed by atoms with Gasteiger partial charge in [0.1, 0.15) is 0 Å². The molecule has 2 amide bonds. The smallest absolute Gasteiger partial charge is 0.251 e. The van der Waals surface area contributed by atoms with Crippen LogP contribution in [0.4, 0.5) is 5.13 Å². The Bertz CT molecular complexity index is 676. The number of nitrogens with one attached hydrogen (secondary N) is 2. The summed E-state index contributed by atoms with van der Waals surface area (Å²) in [5.74, 6) is 0.442. The molecule has 1 aromatic heterocycles. The van der Waals surface area contributed by atoms with E-state index in [1.165, 1.54) is 11.3 Å². The van der Waals surface area contributed by atoms with Crippen LogP contribution in [0, 0.1) is 0 Å². The summed E-state index contributed by atoms with van der Waals surface area (Å²) >= 11 is 8.67. The molecular formula is C14H15ClN4O2S2. The zero-order valence-corrected chi connectivity index (χ0v) is 14.7. The lowest BCUT2D eigenvalue weighted by atomic mass is 10.2. The van der Waals surface area contributed by atoms with Crippen molar-refractivity contribution in [2.24, 2.45) is 0 Å². The SMILES string of the molecule is CCSc1nnc(NC(=O)CCNC(=O)c2ccc(Cl)cc2)s1. The summed E-state index contributed by atoms with van der Waals surface area (Å²) < 4.78 is 0.818. The van der Waals surface area contributed by atoms with Gasteiger partial charge in [-0.1, -0.05) is 41.6 Å². The van der Waals surface area contributed by atoms with Crippen molar-refractivity contribution in [1.82, 2.24) is 15.5 Å². The first-order chi connectivity index (χ1) is 11.1. The minimum Gasteiger partial charge on any atom is -0.352 e. The van der Waals surface area contributed by atoms with E-state index in [9.17, 15) is 9.59 Å². The Hall–Kier alpha value is -1.64. The van der Waals surface area contributed by atoms with Gasteiger partial charge in [-0.15, -0.1) is 10.2 Å². The molecule has 0 spiro atoms. The highest BCUT2D eigenvalue weighted by molar-refractivity contribution is 8.01. The Morgan fingerprint density at radius 3 is 2.70 bits per heavy atom. The van der Waals surface area contributed by atoms with Gasteiger partial charge in [-0.2, -0.15) is 0 Å². The summed E-state index contributed by atoms with van der Waals surface area (Å²) in [6.45, 7) is 2.26. The number of anilines is 1. The number of carbonyl (C=O) groups excluding carboxylic acids is 2. The molecule has 0 saturated carbocycles. The van der Waals surface area contributed by atoms with Crippen LogP contribution in [-0.2, 0) is 4.79 Å². The van der Waals surface area contributed by atoms with E-state index < -0.39 is 0 Å². The van der Waals surface area contributed by atoms with Crippen molar-refractivity contribution in [3.05, 3.63) is 34.9 Å². The van der Waals surface area contributed by atoms with Crippen LogP contribution in [0.25, 0.3) is 0 Å². The number of halogens is 1. The Morgan fingerprint density at radius 2 is 2.00 bits per heavy atom. The van der Waals surface area contributed by atoms with Crippen LogP contribution in [0.15, 0.2) is 28.6 Å². The number of benzene rings is 1. The molecule has 0 unspecified atom stereocenters. The fraction of sp³-hybridized carbons (Fsp3) is 0.286. The van der Waals surface area contributed by atoms with Gasteiger partial charge in [-0.3, -0.25) is 9.59 Å². The van der Waals surface area contributed by atoms with Crippen LogP contribution in [0.2, 0.25) is 5.02 Å². The second kappa shape index (κ2) is 8.85. The van der Waals surface area contributed by atoms with E-state index in [0.717, 1.165) is 10.1 Å². The summed E-state index contributed by atoms with van der Waals surface area (Å²) in [5, 5.41) is 14.2. The summed E-state index contributed by atoms with van der Waals surface area (Å²) in [4.78, 5) is 23.7. The lowest BCUT2D eigenvalue weighted by Gasteiger charge is -2.05. The molecular weight excluding hydrogens is 356 g/mol. The largest absolute Gasteiger partial charge is 0.352 e. The molecule has 0 aliphatic carbocycles. The molecule has 0 aliphatic heterocycles. The molecule has 0 atom stereocenters. The molecule has 2 aromatic rings. The molecule has 0 fully saturated rings. The van der Waals surface area contributed by atoms with Gasteiger partial charge in [0.25, 0.3) is 5.91 Å². The van der Waals surface area contributed by atoms with E-state index in [0.29, 0.717) is 15.7 Å². The summed E-state index contributed by atoms with van der Waals surface area (Å²) in [6, 6.07) is 6.55. The van der Waals surface area contributed by atoms with Crippen LogP contribution in [0.1, 0.15) is 23.7 Å². The van der Waals surface area contributed by atoms with Crippen molar-refractivity contribution in [2.75, 3.05) is 17.6 Å². The van der Waals surface area contributed by atoms with Gasteiger partial charge >= 0.3 is 0 Å². The number of nitrogens with zero attached hydrogens (tertiary/aromatic N) is 2. The zero-order valence-electron chi connectivity index (χ0n) is 12.3. The number of thioether (sulfide) groups is 1. The molecule has 122 valence electrons. The standard InChI is InChI=1S/C14H15ClN4O2S2/c1-2-22-14-19-18-13(23-14)17-11(20)7-8-16-12(21)9-3-5-10(15)6-4-9/h3-6H,2,7-8H2,1H3,(H,16,21)(H,17,18,20). The first-order valence-electron chi connectivity index (χ1n) is 6.88. The second-order valence-electron chi connectivity index (χ2n) is 4.37. The van der Waals surface area contributed by atoms with Crippen molar-refractivity contribution in [3.8, 4) is 0 Å². The lowest BCUT2D eigenvalue weighted by molar-refractivity contribution is -0.116. The molecule has 23 heavy (non-hydrogen) atoms. The van der Waals surface area contributed by atoms with E-state index in [-0.39, 0.29) is 24.8 Å². The van der Waals surface area contributed by atoms with E-state index in [1.54, 1.807) is 36.0 Å². The molecule has 0 bridgehead atoms. The minimum absolute atomic E-state index is 0.162. The van der Waals surface area contributed by atoms with Gasteiger partial charge in [0.05, 0.1) is 0 Å². The normalized spacial score (nSPS) is 10.3. The molecule has 0 aliphatic rings. The predicted molar refractivity (Wildman–Crippen MR) is 93.3 cm³/mol. The fourth-order valence-electron chi connectivity index (χ4n) is 1.62. The first kappa shape index (κ1) is 17.7. The van der Waals surface area contributed by atoms with Crippen molar-refractivity contribution < 1.29 is 9.59 Å². The molecule has 0 saturated heterocycles. The van der Waals surface area contributed by atoms with Crippen LogP contribution in [0.3, 0.4) is 0 Å². The fourth-order valence-corrected chi connectivity index (χ4v) is 3.41. The average Bonchev–Trinajstić information content (AvgIpc) is 2.95. The van der Waals surface area contributed by atoms with Crippen molar-refractivity contribution in [2.45, 2.75) is 17.7 Å². The Morgan fingerprint density at radius 1 is 1.26 bits per heavy atom. The maximum atomic E-state index is 11.9. The number of hydrogen-bond donors (Lipinski definition) is 2. The third-order valence-corrected chi connectivity index (χ3v) is 4.77. The third kappa shape index (κ3) is 5.81. The Balaban J connectivity index is 1.73. The lowest BCUT2D eigenvalue weighted by Crippen LogP contribution is -2.27. The average molecular weight is 371 g/mol. The summed E-state index contributed by atoms with van der Waals surface area (Å²) in [7, 11) is 0. The van der Waals surface area contributed by atoms with E-state index >= 15 is 0 Å². The molecule has 9 heteroatoms. The number of amides is 2. The van der Waals surface area contributed by atoms with Crippen molar-refractivity contribution >= 4 is 51.6 Å². The highest BCUT2D eigenvalue weighted by Gasteiger charge is 2.09. The molecule has 1 heterocycles. The number of carbonyl (C=O) groups is 2. The van der Waals surface area contributed by atoms with E-state index in [1.807, 2.05) is 6.92 Å². The highest BCUT2D eigenvalue weighted by Crippen LogP contribution is 2.24. The van der Waals surface area contributed by atoms with Crippen molar-refractivity contribution in [1.29, 1.82) is 0 Å². The maximum Gasteiger partial charge on any atom is 0.251 e. The van der Waals surface area contributed by atoms with Gasteiger partial charge in [0.2, 0.25) is 11.0 Å². The topological polar surface area (TPSA) is 84.0 Å². The number of hydrogen-bond acceptors (Lipinski definition) is 6. The summed E-state index contributed by atoms with van der Waals surface area (Å²) in [6.07, 6.45) is 0.162. The molecule has 1 aromatic carbocycles. The predicted octanol–water partition coefficient (Wildman–Crippen LogP) is 3.06. The first-order valence-corrected chi connectivity index (χ1v) is 9.06. The van der Waals surface area contributed by atoms with Gasteiger partial charge in [0.15, 0.2) is 4.34 Å². The minimum atomic E-state index is -0.244. The molecule has 2 rings (SSSR count). The van der Waals surface area contributed by atoms with Gasteiger partial charge in [-0.25, -0.2) is 0 Å². The molecule has 2 N–H and O–H groups in total. The zero-order chi connectivity index (χ0) is 16.7. The molecule has 0 radical (unpaired) electrons. The number of rotatable bonds is 7. The monoisotopic (exact) mass is 370 g/mol. The van der Waals surface area contributed by atoms with Crippen LogP contribution >= 0.6 is 34.7 Å². The number of aromatic nitrogens is 2. The Kier molecular flexibility index (Phi) is 6.82. The molecule has 6 nitrogen and oxygen atoms in total. The van der Waals surface area contributed by atoms with Gasteiger partial charge in [-0.05, 0) is 30.0 Å².